The molecule has 0 aromatic heterocycles. The van der Waals surface area contributed by atoms with Crippen LogP contribution in [0.25, 0.3) is 0 Å². The van der Waals surface area contributed by atoms with Crippen LogP contribution in [-0.2, 0) is 9.53 Å². The highest BCUT2D eigenvalue weighted by molar-refractivity contribution is 7.80. The van der Waals surface area contributed by atoms with Gasteiger partial charge in [-0.15, -0.1) is 0 Å². The molecule has 5 heteroatoms. The number of amides is 1. The molecule has 2 atom stereocenters. The topological polar surface area (TPSA) is 32.8 Å². The Labute approximate surface area is 151 Å². The van der Waals surface area contributed by atoms with Crippen molar-refractivity contribution in [3.63, 3.8) is 0 Å². The Morgan fingerprint density at radius 1 is 1.25 bits per heavy atom. The number of thiocarbonyl (C=S) groups is 1. The summed E-state index contributed by atoms with van der Waals surface area (Å²) in [4.78, 5) is 16.5. The lowest BCUT2D eigenvalue weighted by Gasteiger charge is -2.38. The predicted octanol–water partition coefficient (Wildman–Crippen LogP) is 3.72. The Kier molecular flexibility index (Phi) is 6.14. The summed E-state index contributed by atoms with van der Waals surface area (Å²) in [5, 5.41) is 0.563. The average Bonchev–Trinajstić information content (AvgIpc) is 2.61. The molecule has 3 aliphatic rings. The maximum Gasteiger partial charge on any atom is 0.263 e. The van der Waals surface area contributed by atoms with E-state index < -0.39 is 0 Å². The van der Waals surface area contributed by atoms with Crippen molar-refractivity contribution in [1.29, 1.82) is 0 Å². The molecule has 0 radical (unpaired) electrons. The number of hydrogen-bond donors (Lipinski definition) is 0. The Bertz CT molecular complexity index is 506. The molecule has 24 heavy (non-hydrogen) atoms. The smallest absolute Gasteiger partial charge is 0.263 e. The summed E-state index contributed by atoms with van der Waals surface area (Å²) >= 11 is 5.51. The molecule has 0 N–H and O–H groups in total. The number of hydrogen-bond acceptors (Lipinski definition) is 3. The van der Waals surface area contributed by atoms with Crippen molar-refractivity contribution < 1.29 is 9.53 Å². The highest BCUT2D eigenvalue weighted by atomic mass is 32.1. The minimum absolute atomic E-state index is 0.206. The van der Waals surface area contributed by atoms with Crippen molar-refractivity contribution >= 4 is 23.3 Å². The molecule has 2 heterocycles. The van der Waals surface area contributed by atoms with Gasteiger partial charge in [0.1, 0.15) is 0 Å². The van der Waals surface area contributed by atoms with Gasteiger partial charge >= 0.3 is 0 Å². The second-order valence-electron chi connectivity index (χ2n) is 7.50. The van der Waals surface area contributed by atoms with Crippen molar-refractivity contribution in [1.82, 2.24) is 9.80 Å². The fraction of sp³-hybridized carbons (Fsp3) is 0.789. The second-order valence-corrected chi connectivity index (χ2v) is 7.85. The highest BCUT2D eigenvalue weighted by Gasteiger charge is 2.29. The molecular formula is C19H30N2O2S. The Balaban J connectivity index is 1.45. The predicted molar refractivity (Wildman–Crippen MR) is 99.5 cm³/mol. The molecule has 1 aliphatic carbocycles. The van der Waals surface area contributed by atoms with Crippen LogP contribution in [-0.4, -0.2) is 47.1 Å². The normalized spacial score (nSPS) is 27.3. The van der Waals surface area contributed by atoms with Crippen LogP contribution in [0.15, 0.2) is 11.8 Å². The van der Waals surface area contributed by atoms with Crippen molar-refractivity contribution in [2.45, 2.75) is 58.3 Å². The molecule has 0 saturated carbocycles. The molecule has 0 aromatic rings. The first-order valence-corrected chi connectivity index (χ1v) is 9.98. The van der Waals surface area contributed by atoms with Gasteiger partial charge in [0.15, 0.2) is 0 Å². The monoisotopic (exact) mass is 350 g/mol. The summed E-state index contributed by atoms with van der Waals surface area (Å²) in [6, 6.07) is 0. The van der Waals surface area contributed by atoms with Gasteiger partial charge in [-0.2, -0.15) is 0 Å². The number of likely N-dealkylation sites (tertiary alicyclic amines) is 2. The number of carbonyl (C=O) groups is 1. The lowest BCUT2D eigenvalue weighted by atomic mass is 9.85. The van der Waals surface area contributed by atoms with E-state index >= 15 is 0 Å². The van der Waals surface area contributed by atoms with Crippen molar-refractivity contribution in [2.75, 3.05) is 26.2 Å². The molecule has 2 saturated heterocycles. The number of nitrogens with zero attached hydrogens (tertiary/aromatic N) is 2. The van der Waals surface area contributed by atoms with Crippen LogP contribution < -0.4 is 0 Å². The molecule has 1 unspecified atom stereocenters. The number of piperidine rings is 2. The molecule has 0 spiro atoms. The van der Waals surface area contributed by atoms with E-state index in [0.717, 1.165) is 32.5 Å². The maximum atomic E-state index is 12.3. The summed E-state index contributed by atoms with van der Waals surface area (Å²) in [7, 11) is 0. The summed E-state index contributed by atoms with van der Waals surface area (Å²) < 4.78 is 5.79. The van der Waals surface area contributed by atoms with Gasteiger partial charge in [0.25, 0.3) is 5.17 Å². The third-order valence-electron chi connectivity index (χ3n) is 5.55. The van der Waals surface area contributed by atoms with Crippen molar-refractivity contribution in [3.8, 4) is 0 Å². The van der Waals surface area contributed by atoms with Gasteiger partial charge in [0, 0.05) is 25.3 Å². The van der Waals surface area contributed by atoms with Gasteiger partial charge in [-0.3, -0.25) is 4.79 Å². The lowest BCUT2D eigenvalue weighted by molar-refractivity contribution is -0.133. The summed E-state index contributed by atoms with van der Waals surface area (Å²) in [5.41, 5.74) is 1.37. The van der Waals surface area contributed by atoms with Gasteiger partial charge < -0.3 is 14.5 Å². The van der Waals surface area contributed by atoms with Crippen LogP contribution in [0.3, 0.4) is 0 Å². The fourth-order valence-electron chi connectivity index (χ4n) is 4.25. The van der Waals surface area contributed by atoms with Gasteiger partial charge in [-0.1, -0.05) is 13.0 Å². The van der Waals surface area contributed by atoms with Crippen LogP contribution >= 0.6 is 12.2 Å². The SMILES string of the molecule is C[C@H]1CCCN(C(=O)CCOC(=S)N2CCCC3CCCC=C32)C1. The van der Waals surface area contributed by atoms with E-state index in [1.165, 1.54) is 37.8 Å². The zero-order valence-corrected chi connectivity index (χ0v) is 15.7. The van der Waals surface area contributed by atoms with E-state index in [4.69, 9.17) is 17.0 Å². The Morgan fingerprint density at radius 3 is 2.88 bits per heavy atom. The quantitative estimate of drug-likeness (QED) is 0.726. The third kappa shape index (κ3) is 4.29. The first-order chi connectivity index (χ1) is 11.6. The molecule has 0 aromatic carbocycles. The zero-order valence-electron chi connectivity index (χ0n) is 14.8. The first-order valence-electron chi connectivity index (χ1n) is 9.57. The number of carbonyl (C=O) groups excluding carboxylic acids is 1. The molecule has 4 nitrogen and oxygen atoms in total. The number of ether oxygens (including phenoxy) is 1. The molecule has 1 amide bonds. The Morgan fingerprint density at radius 2 is 2.04 bits per heavy atom. The van der Waals surface area contributed by atoms with E-state index in [1.807, 2.05) is 4.90 Å². The minimum Gasteiger partial charge on any atom is -0.470 e. The second kappa shape index (κ2) is 8.32. The molecule has 3 rings (SSSR count). The van der Waals surface area contributed by atoms with Gasteiger partial charge in [-0.25, -0.2) is 0 Å². The van der Waals surface area contributed by atoms with E-state index in [9.17, 15) is 4.79 Å². The maximum absolute atomic E-state index is 12.3. The van der Waals surface area contributed by atoms with E-state index in [1.54, 1.807) is 0 Å². The number of rotatable bonds is 3. The minimum atomic E-state index is 0.206. The van der Waals surface area contributed by atoms with Gasteiger partial charge in [0.05, 0.1) is 13.0 Å². The van der Waals surface area contributed by atoms with Gasteiger partial charge in [-0.05, 0) is 69.0 Å². The highest BCUT2D eigenvalue weighted by Crippen LogP contribution is 2.35. The van der Waals surface area contributed by atoms with Crippen LogP contribution in [0.4, 0.5) is 0 Å². The van der Waals surface area contributed by atoms with Crippen LogP contribution in [0.2, 0.25) is 0 Å². The van der Waals surface area contributed by atoms with Gasteiger partial charge in [0.2, 0.25) is 5.91 Å². The summed E-state index contributed by atoms with van der Waals surface area (Å²) in [5.74, 6) is 1.48. The standard InChI is InChI=1S/C19H30N2O2S/c1-15-6-4-11-20(14-15)18(22)10-13-23-19(24)21-12-5-8-16-7-2-3-9-17(16)21/h9,15-16H,2-8,10-14H2,1H3/t15-,16?/m0/s1. The third-order valence-corrected chi connectivity index (χ3v) is 5.88. The van der Waals surface area contributed by atoms with Crippen molar-refractivity contribution in [2.24, 2.45) is 11.8 Å². The van der Waals surface area contributed by atoms with Crippen LogP contribution in [0.5, 0.6) is 0 Å². The van der Waals surface area contributed by atoms with Crippen molar-refractivity contribution in [3.05, 3.63) is 11.8 Å². The molecular weight excluding hydrogens is 320 g/mol. The largest absolute Gasteiger partial charge is 0.470 e. The summed E-state index contributed by atoms with van der Waals surface area (Å²) in [6.45, 7) is 5.36. The van der Waals surface area contributed by atoms with E-state index in [2.05, 4.69) is 17.9 Å². The van der Waals surface area contributed by atoms with E-state index in [-0.39, 0.29) is 5.91 Å². The van der Waals surface area contributed by atoms with E-state index in [0.29, 0.717) is 30.0 Å². The molecule has 134 valence electrons. The zero-order chi connectivity index (χ0) is 16.9. The van der Waals surface area contributed by atoms with Crippen LogP contribution in [0, 0.1) is 11.8 Å². The fourth-order valence-corrected chi connectivity index (χ4v) is 4.53. The van der Waals surface area contributed by atoms with Crippen LogP contribution in [0.1, 0.15) is 58.3 Å². The number of allylic oxidation sites excluding steroid dienone is 2. The molecule has 2 aliphatic heterocycles. The molecule has 0 bridgehead atoms. The Hall–Kier alpha value is -1.10. The average molecular weight is 351 g/mol. The first kappa shape index (κ1) is 17.7. The molecule has 2 fully saturated rings. The number of fused-ring (bicyclic) bond motifs is 1. The summed E-state index contributed by atoms with van der Waals surface area (Å²) in [6.07, 6.45) is 11.3. The lowest BCUT2D eigenvalue weighted by Crippen LogP contribution is -2.41.